The molecular weight excluding hydrogens is 430 g/mol. The minimum atomic E-state index is -0.164. The summed E-state index contributed by atoms with van der Waals surface area (Å²) >= 11 is 6.24. The highest BCUT2D eigenvalue weighted by Crippen LogP contribution is 2.32. The van der Waals surface area contributed by atoms with E-state index < -0.39 is 0 Å². The number of nitrogens with one attached hydrogen (secondary N) is 2. The van der Waals surface area contributed by atoms with Crippen molar-refractivity contribution < 1.29 is 19.1 Å². The molecule has 2 aromatic carbocycles. The van der Waals surface area contributed by atoms with E-state index in [0.717, 1.165) is 31.5 Å². The van der Waals surface area contributed by atoms with Crippen LogP contribution in [0.2, 0.25) is 5.02 Å². The minimum Gasteiger partial charge on any atom is -0.487 e. The molecule has 0 atom stereocenters. The highest BCUT2D eigenvalue weighted by molar-refractivity contribution is 6.32. The average Bonchev–Trinajstić information content (AvgIpc) is 3.35. The van der Waals surface area contributed by atoms with Gasteiger partial charge in [0.2, 0.25) is 5.91 Å². The van der Waals surface area contributed by atoms with Crippen molar-refractivity contribution in [2.75, 3.05) is 44.8 Å². The Balaban J connectivity index is 1.46. The molecule has 1 heterocycles. The molecule has 172 valence electrons. The second-order valence-corrected chi connectivity index (χ2v) is 7.90. The number of likely N-dealkylation sites (tertiary alicyclic amines) is 1. The topological polar surface area (TPSA) is 79.9 Å². The number of amides is 2. The van der Waals surface area contributed by atoms with Crippen LogP contribution in [-0.4, -0.2) is 56.2 Å². The fraction of sp³-hybridized carbons (Fsp3) is 0.417. The molecule has 1 aliphatic heterocycles. The molecule has 3 rings (SSSR count). The zero-order valence-electron chi connectivity index (χ0n) is 18.4. The van der Waals surface area contributed by atoms with Crippen molar-refractivity contribution in [2.24, 2.45) is 0 Å². The molecule has 0 saturated carbocycles. The van der Waals surface area contributed by atoms with E-state index in [1.54, 1.807) is 12.1 Å². The Labute approximate surface area is 194 Å². The fourth-order valence-corrected chi connectivity index (χ4v) is 3.68. The van der Waals surface area contributed by atoms with Crippen molar-refractivity contribution in [1.82, 2.24) is 10.2 Å². The molecule has 0 unspecified atom stereocenters. The van der Waals surface area contributed by atoms with Gasteiger partial charge in [0.1, 0.15) is 6.61 Å². The van der Waals surface area contributed by atoms with E-state index in [-0.39, 0.29) is 18.4 Å². The van der Waals surface area contributed by atoms with E-state index in [1.807, 2.05) is 42.2 Å². The van der Waals surface area contributed by atoms with Gasteiger partial charge in [0.05, 0.1) is 23.9 Å². The molecule has 0 aliphatic carbocycles. The lowest BCUT2D eigenvalue weighted by molar-refractivity contribution is -0.119. The van der Waals surface area contributed by atoms with Crippen LogP contribution in [0, 0.1) is 0 Å². The minimum absolute atomic E-state index is 0.0723. The van der Waals surface area contributed by atoms with E-state index in [4.69, 9.17) is 21.1 Å². The van der Waals surface area contributed by atoms with Gasteiger partial charge >= 0.3 is 0 Å². The van der Waals surface area contributed by atoms with Gasteiger partial charge in [0.25, 0.3) is 5.91 Å². The molecule has 8 heteroatoms. The number of hydrogen-bond acceptors (Lipinski definition) is 5. The maximum atomic E-state index is 12.4. The van der Waals surface area contributed by atoms with E-state index in [0.29, 0.717) is 48.4 Å². The maximum absolute atomic E-state index is 12.4. The summed E-state index contributed by atoms with van der Waals surface area (Å²) in [6.45, 7) is 5.49. The van der Waals surface area contributed by atoms with Crippen molar-refractivity contribution in [3.05, 3.63) is 58.6 Å². The van der Waals surface area contributed by atoms with Crippen LogP contribution in [-0.2, 0) is 16.1 Å². The summed E-state index contributed by atoms with van der Waals surface area (Å²) in [7, 11) is 0. The Hall–Kier alpha value is -2.77. The van der Waals surface area contributed by atoms with Crippen LogP contribution in [0.25, 0.3) is 0 Å². The number of benzene rings is 2. The molecule has 7 nitrogen and oxygen atoms in total. The first kappa shape index (κ1) is 23.9. The van der Waals surface area contributed by atoms with Crippen LogP contribution in [0.1, 0.15) is 35.7 Å². The van der Waals surface area contributed by atoms with Crippen LogP contribution in [0.5, 0.6) is 5.75 Å². The predicted molar refractivity (Wildman–Crippen MR) is 125 cm³/mol. The van der Waals surface area contributed by atoms with Crippen LogP contribution in [0.15, 0.2) is 42.5 Å². The zero-order valence-corrected chi connectivity index (χ0v) is 19.1. The van der Waals surface area contributed by atoms with E-state index in [2.05, 4.69) is 10.6 Å². The van der Waals surface area contributed by atoms with Crippen LogP contribution in [0.3, 0.4) is 0 Å². The molecule has 2 N–H and O–H groups in total. The number of halogens is 1. The number of carbonyl (C=O) groups is 2. The highest BCUT2D eigenvalue weighted by atomic mass is 35.5. The number of hydrogen-bond donors (Lipinski definition) is 2. The summed E-state index contributed by atoms with van der Waals surface area (Å²) in [6, 6.07) is 12.7. The van der Waals surface area contributed by atoms with E-state index >= 15 is 0 Å². The second kappa shape index (κ2) is 12.3. The number of para-hydroxylation sites is 1. The van der Waals surface area contributed by atoms with Crippen molar-refractivity contribution in [2.45, 2.75) is 26.3 Å². The molecule has 0 aromatic heterocycles. The predicted octanol–water partition coefficient (Wildman–Crippen LogP) is 3.72. The standard InChI is InChI=1S/C24H30ClN3O4/c1-2-31-14-15-32-23-20(25)6-5-7-21(23)26-17-22(29)27-16-18-8-10-19(11-9-18)24(30)28-12-3-4-13-28/h5-11,26H,2-4,12-17H2,1H3,(H,27,29). The summed E-state index contributed by atoms with van der Waals surface area (Å²) in [5, 5.41) is 6.42. The van der Waals surface area contributed by atoms with Gasteiger partial charge in [0.15, 0.2) is 5.75 Å². The molecule has 2 aromatic rings. The van der Waals surface area contributed by atoms with Gasteiger partial charge in [0, 0.05) is 31.8 Å². The van der Waals surface area contributed by atoms with Gasteiger partial charge in [-0.15, -0.1) is 0 Å². The van der Waals surface area contributed by atoms with Gasteiger partial charge in [-0.3, -0.25) is 9.59 Å². The Morgan fingerprint density at radius 3 is 2.53 bits per heavy atom. The van der Waals surface area contributed by atoms with E-state index in [1.165, 1.54) is 0 Å². The molecule has 0 spiro atoms. The van der Waals surface area contributed by atoms with Crippen molar-refractivity contribution >= 4 is 29.1 Å². The first-order valence-electron chi connectivity index (χ1n) is 11.0. The third-order valence-electron chi connectivity index (χ3n) is 5.17. The number of nitrogens with zero attached hydrogens (tertiary/aromatic N) is 1. The van der Waals surface area contributed by atoms with Crippen molar-refractivity contribution in [3.63, 3.8) is 0 Å². The number of carbonyl (C=O) groups excluding carboxylic acids is 2. The van der Waals surface area contributed by atoms with Gasteiger partial charge in [-0.05, 0) is 49.6 Å². The third-order valence-corrected chi connectivity index (χ3v) is 5.47. The SMILES string of the molecule is CCOCCOc1c(Cl)cccc1NCC(=O)NCc1ccc(C(=O)N2CCCC2)cc1. The van der Waals surface area contributed by atoms with Gasteiger partial charge in [-0.2, -0.15) is 0 Å². The van der Waals surface area contributed by atoms with Gasteiger partial charge in [-0.25, -0.2) is 0 Å². The molecule has 2 amide bonds. The molecule has 0 radical (unpaired) electrons. The second-order valence-electron chi connectivity index (χ2n) is 7.49. The molecule has 1 fully saturated rings. The summed E-state index contributed by atoms with van der Waals surface area (Å²) in [5.74, 6) is 0.408. The van der Waals surface area contributed by atoms with Crippen LogP contribution < -0.4 is 15.4 Å². The Morgan fingerprint density at radius 2 is 1.81 bits per heavy atom. The lowest BCUT2D eigenvalue weighted by atomic mass is 10.1. The van der Waals surface area contributed by atoms with Crippen molar-refractivity contribution in [1.29, 1.82) is 0 Å². The molecule has 32 heavy (non-hydrogen) atoms. The fourth-order valence-electron chi connectivity index (χ4n) is 3.45. The first-order chi connectivity index (χ1) is 15.6. The first-order valence-corrected chi connectivity index (χ1v) is 11.3. The average molecular weight is 460 g/mol. The Kier molecular flexibility index (Phi) is 9.19. The highest BCUT2D eigenvalue weighted by Gasteiger charge is 2.19. The summed E-state index contributed by atoms with van der Waals surface area (Å²) in [4.78, 5) is 26.6. The normalized spacial score (nSPS) is 13.1. The summed E-state index contributed by atoms with van der Waals surface area (Å²) in [5.41, 5.74) is 2.26. The molecular formula is C24H30ClN3O4. The number of rotatable bonds is 11. The summed E-state index contributed by atoms with van der Waals surface area (Å²) < 4.78 is 11.0. The number of ether oxygens (including phenoxy) is 2. The van der Waals surface area contributed by atoms with E-state index in [9.17, 15) is 9.59 Å². The molecule has 1 aliphatic rings. The third kappa shape index (κ3) is 6.87. The lowest BCUT2D eigenvalue weighted by Crippen LogP contribution is -2.29. The van der Waals surface area contributed by atoms with Crippen LogP contribution in [0.4, 0.5) is 5.69 Å². The maximum Gasteiger partial charge on any atom is 0.253 e. The molecule has 1 saturated heterocycles. The monoisotopic (exact) mass is 459 g/mol. The lowest BCUT2D eigenvalue weighted by Gasteiger charge is -2.15. The number of anilines is 1. The smallest absolute Gasteiger partial charge is 0.253 e. The summed E-state index contributed by atoms with van der Waals surface area (Å²) in [6.07, 6.45) is 2.14. The zero-order chi connectivity index (χ0) is 22.8. The Bertz CT molecular complexity index is 899. The largest absolute Gasteiger partial charge is 0.487 e. The van der Waals surface area contributed by atoms with Gasteiger partial charge in [-0.1, -0.05) is 29.8 Å². The van der Waals surface area contributed by atoms with Crippen molar-refractivity contribution in [3.8, 4) is 5.75 Å². The van der Waals surface area contributed by atoms with Gasteiger partial charge < -0.3 is 25.0 Å². The molecule has 0 bridgehead atoms. The van der Waals surface area contributed by atoms with Crippen LogP contribution >= 0.6 is 11.6 Å². The Morgan fingerprint density at radius 1 is 1.06 bits per heavy atom. The quantitative estimate of drug-likeness (QED) is 0.500.